The van der Waals surface area contributed by atoms with Gasteiger partial charge in [0.1, 0.15) is 6.61 Å². The number of carbonyl (C=O) groups is 1. The molecule has 4 rings (SSSR count). The normalized spacial score (nSPS) is 13.3. The maximum Gasteiger partial charge on any atom is 0.282 e. The predicted octanol–water partition coefficient (Wildman–Crippen LogP) is 2.07. The number of anilines is 2. The second kappa shape index (κ2) is 8.41. The summed E-state index contributed by atoms with van der Waals surface area (Å²) in [5.41, 5.74) is 5.21. The smallest absolute Gasteiger partial charge is 0.282 e. The van der Waals surface area contributed by atoms with Gasteiger partial charge in [0.25, 0.3) is 11.5 Å². The third kappa shape index (κ3) is 3.81. The fraction of sp³-hybridized carbons (Fsp3) is 0.208. The number of amides is 1. The van der Waals surface area contributed by atoms with Gasteiger partial charge in [-0.1, -0.05) is 18.2 Å². The Balaban J connectivity index is 1.76. The van der Waals surface area contributed by atoms with E-state index in [0.717, 1.165) is 22.4 Å². The highest BCUT2D eigenvalue weighted by molar-refractivity contribution is 6.07. The van der Waals surface area contributed by atoms with E-state index in [2.05, 4.69) is 21.0 Å². The number of carbonyl (C=O) groups excluding carboxylic acids is 1. The Hall–Kier alpha value is -3.75. The van der Waals surface area contributed by atoms with Crippen molar-refractivity contribution < 1.29 is 14.9 Å². The van der Waals surface area contributed by atoms with Crippen LogP contribution < -0.4 is 26.2 Å². The van der Waals surface area contributed by atoms with Gasteiger partial charge in [-0.15, -0.1) is 5.10 Å². The van der Waals surface area contributed by atoms with Crippen molar-refractivity contribution in [2.45, 2.75) is 20.5 Å². The highest BCUT2D eigenvalue weighted by Crippen LogP contribution is 2.21. The molecule has 2 aromatic carbocycles. The second-order valence-electron chi connectivity index (χ2n) is 7.95. The number of rotatable bonds is 5. The summed E-state index contributed by atoms with van der Waals surface area (Å²) in [5.74, 6) is -0.311. The molecule has 32 heavy (non-hydrogen) atoms. The fourth-order valence-electron chi connectivity index (χ4n) is 3.72. The molecule has 1 aliphatic heterocycles. The fourth-order valence-corrected chi connectivity index (χ4v) is 3.72. The van der Waals surface area contributed by atoms with Crippen molar-refractivity contribution in [1.82, 2.24) is 4.98 Å². The molecule has 8 nitrogen and oxygen atoms in total. The van der Waals surface area contributed by atoms with E-state index in [0.29, 0.717) is 22.0 Å². The van der Waals surface area contributed by atoms with Gasteiger partial charge in [-0.2, -0.15) is 5.01 Å². The number of H-pyrrole nitrogens is 1. The van der Waals surface area contributed by atoms with Gasteiger partial charge in [0.15, 0.2) is 5.49 Å². The van der Waals surface area contributed by atoms with E-state index < -0.39 is 0 Å². The van der Waals surface area contributed by atoms with Crippen LogP contribution in [0.4, 0.5) is 11.4 Å². The van der Waals surface area contributed by atoms with Gasteiger partial charge in [0, 0.05) is 25.0 Å². The number of nitrogens with one attached hydrogen (secondary N) is 1. The Kier molecular flexibility index (Phi) is 5.65. The number of aromatic amines is 1. The Morgan fingerprint density at radius 3 is 2.47 bits per heavy atom. The standard InChI is InChI=1S/C24H24N4O4/c1-14-11-19(27(3)4)10-7-17(14)12-20-15(2)21-22(25-23(20)29)26-28(24(21)30)18-8-5-16(6-9-18)13-32-31/h5-12,31H,13H2,1-4H3,(H,25,26,29)/b20-12-. The molecule has 0 radical (unpaired) electrons. The number of aryl methyl sites for hydroxylation is 1. The molecule has 1 aliphatic rings. The van der Waals surface area contributed by atoms with Gasteiger partial charge in [-0.25, -0.2) is 4.89 Å². The molecule has 1 amide bonds. The Bertz CT molecular complexity index is 1370. The third-order valence-electron chi connectivity index (χ3n) is 5.58. The minimum atomic E-state index is -0.311. The molecule has 3 aromatic rings. The predicted molar refractivity (Wildman–Crippen MR) is 122 cm³/mol. The summed E-state index contributed by atoms with van der Waals surface area (Å²) in [6.07, 6.45) is 1.81. The van der Waals surface area contributed by atoms with Gasteiger partial charge in [0.2, 0.25) is 0 Å². The lowest BCUT2D eigenvalue weighted by molar-refractivity contribution is -0.253. The zero-order chi connectivity index (χ0) is 23.0. The summed E-state index contributed by atoms with van der Waals surface area (Å²) in [7, 11) is 3.95. The van der Waals surface area contributed by atoms with Crippen molar-refractivity contribution in [3.05, 3.63) is 91.3 Å². The molecule has 0 fully saturated rings. The Morgan fingerprint density at radius 1 is 1.12 bits per heavy atom. The number of hydrogen-bond acceptors (Lipinski definition) is 6. The molecule has 0 saturated carbocycles. The van der Waals surface area contributed by atoms with Crippen LogP contribution in [-0.2, 0) is 11.5 Å². The molecule has 0 bridgehead atoms. The maximum atomic E-state index is 13.2. The molecule has 2 heterocycles. The third-order valence-corrected chi connectivity index (χ3v) is 5.58. The Morgan fingerprint density at radius 2 is 1.84 bits per heavy atom. The molecule has 0 unspecified atom stereocenters. The van der Waals surface area contributed by atoms with Gasteiger partial charge in [-0.3, -0.25) is 14.8 Å². The van der Waals surface area contributed by atoms with E-state index in [1.165, 1.54) is 5.01 Å². The van der Waals surface area contributed by atoms with E-state index >= 15 is 0 Å². The SMILES string of the molecule is Cc1cc(N(C)C)ccc1/C=c1/c(C)c2c([nH]c1=O)=NN(c1ccc(COO)cc1)C2=O. The number of hydrogen-bond donors (Lipinski definition) is 2. The number of nitrogens with zero attached hydrogens (tertiary/aromatic N) is 3. The van der Waals surface area contributed by atoms with Crippen LogP contribution in [-0.4, -0.2) is 30.2 Å². The zero-order valence-electron chi connectivity index (χ0n) is 18.3. The van der Waals surface area contributed by atoms with Gasteiger partial charge < -0.3 is 9.88 Å². The van der Waals surface area contributed by atoms with Gasteiger partial charge in [-0.05, 0) is 66.4 Å². The van der Waals surface area contributed by atoms with Crippen LogP contribution in [0.15, 0.2) is 52.4 Å². The summed E-state index contributed by atoms with van der Waals surface area (Å²) in [6, 6.07) is 12.9. The topological polar surface area (TPSA) is 98.2 Å². The van der Waals surface area contributed by atoms with Crippen molar-refractivity contribution in [3.63, 3.8) is 0 Å². The molecule has 0 spiro atoms. The van der Waals surface area contributed by atoms with Crippen molar-refractivity contribution in [3.8, 4) is 0 Å². The lowest BCUT2D eigenvalue weighted by atomic mass is 10.0. The van der Waals surface area contributed by atoms with Crippen LogP contribution in [0.5, 0.6) is 0 Å². The van der Waals surface area contributed by atoms with E-state index in [1.807, 2.05) is 44.1 Å². The number of benzene rings is 2. The molecule has 2 N–H and O–H groups in total. The first kappa shape index (κ1) is 21.5. The summed E-state index contributed by atoms with van der Waals surface area (Å²) in [5, 5.41) is 14.6. The van der Waals surface area contributed by atoms with Gasteiger partial charge in [0.05, 0.1) is 11.3 Å². The average Bonchev–Trinajstić information content (AvgIpc) is 3.08. The average molecular weight is 432 g/mol. The highest BCUT2D eigenvalue weighted by Gasteiger charge is 2.28. The lowest BCUT2D eigenvalue weighted by Gasteiger charge is -2.14. The Labute approximate surface area is 184 Å². The van der Waals surface area contributed by atoms with Crippen LogP contribution in [0.1, 0.15) is 32.6 Å². The summed E-state index contributed by atoms with van der Waals surface area (Å²) < 4.78 is 0. The van der Waals surface area contributed by atoms with Crippen molar-refractivity contribution >= 4 is 23.4 Å². The van der Waals surface area contributed by atoms with E-state index in [4.69, 9.17) is 5.26 Å². The quantitative estimate of drug-likeness (QED) is 0.475. The van der Waals surface area contributed by atoms with Crippen LogP contribution >= 0.6 is 0 Å². The highest BCUT2D eigenvalue weighted by atomic mass is 17.1. The van der Waals surface area contributed by atoms with Crippen LogP contribution in [0.3, 0.4) is 0 Å². The number of fused-ring (bicyclic) bond motifs is 1. The first-order valence-electron chi connectivity index (χ1n) is 10.1. The summed E-state index contributed by atoms with van der Waals surface area (Å²) in [4.78, 5) is 34.9. The van der Waals surface area contributed by atoms with E-state index in [9.17, 15) is 9.59 Å². The van der Waals surface area contributed by atoms with Crippen LogP contribution in [0, 0.1) is 13.8 Å². The molecule has 164 valence electrons. The van der Waals surface area contributed by atoms with Crippen molar-refractivity contribution in [1.29, 1.82) is 0 Å². The minimum Gasteiger partial charge on any atom is -0.378 e. The maximum absolute atomic E-state index is 13.2. The molecular formula is C24H24N4O4. The van der Waals surface area contributed by atoms with Crippen LogP contribution in [0.25, 0.3) is 6.08 Å². The monoisotopic (exact) mass is 432 g/mol. The minimum absolute atomic E-state index is 0.0478. The van der Waals surface area contributed by atoms with E-state index in [1.54, 1.807) is 31.2 Å². The molecule has 1 aromatic heterocycles. The molecule has 8 heteroatoms. The first-order valence-corrected chi connectivity index (χ1v) is 10.1. The van der Waals surface area contributed by atoms with Crippen molar-refractivity contribution in [2.24, 2.45) is 5.10 Å². The number of aromatic nitrogens is 1. The molecule has 0 saturated heterocycles. The summed E-state index contributed by atoms with van der Waals surface area (Å²) >= 11 is 0. The first-order chi connectivity index (χ1) is 15.3. The van der Waals surface area contributed by atoms with Gasteiger partial charge >= 0.3 is 0 Å². The van der Waals surface area contributed by atoms with Crippen molar-refractivity contribution in [2.75, 3.05) is 24.0 Å². The summed E-state index contributed by atoms with van der Waals surface area (Å²) in [6.45, 7) is 3.80. The molecule has 0 atom stereocenters. The lowest BCUT2D eigenvalue weighted by Crippen LogP contribution is -2.38. The zero-order valence-corrected chi connectivity index (χ0v) is 18.3. The molecular weight excluding hydrogens is 408 g/mol. The van der Waals surface area contributed by atoms with E-state index in [-0.39, 0.29) is 23.6 Å². The molecule has 0 aliphatic carbocycles. The number of pyridine rings is 1. The largest absolute Gasteiger partial charge is 0.378 e. The second-order valence-corrected chi connectivity index (χ2v) is 7.95. The van der Waals surface area contributed by atoms with Crippen LogP contribution in [0.2, 0.25) is 0 Å².